The largest absolute Gasteiger partial charge is 0.497 e. The van der Waals surface area contributed by atoms with Gasteiger partial charge in [0.1, 0.15) is 5.75 Å². The number of benzene rings is 1. The number of nitrogens with one attached hydrogen (secondary N) is 1. The lowest BCUT2D eigenvalue weighted by Gasteiger charge is -2.08. The van der Waals surface area contributed by atoms with E-state index in [1.807, 2.05) is 49.7 Å². The van der Waals surface area contributed by atoms with Gasteiger partial charge in [-0.05, 0) is 38.5 Å². The van der Waals surface area contributed by atoms with Crippen LogP contribution >= 0.6 is 11.6 Å². The molecule has 1 amide bonds. The van der Waals surface area contributed by atoms with Crippen LogP contribution in [0.4, 0.5) is 5.69 Å². The lowest BCUT2D eigenvalue weighted by atomic mass is 10.2. The van der Waals surface area contributed by atoms with Crippen molar-refractivity contribution in [2.75, 3.05) is 12.4 Å². The number of methoxy groups -OCH3 is 1. The van der Waals surface area contributed by atoms with Crippen molar-refractivity contribution in [2.45, 2.75) is 33.9 Å². The Kier molecular flexibility index (Phi) is 5.51. The van der Waals surface area contributed by atoms with Crippen LogP contribution in [0.5, 0.6) is 5.75 Å². The second kappa shape index (κ2) is 7.84. The fraction of sp³-hybridized carbons (Fsp3) is 0.316. The number of aryl methyl sites for hydroxylation is 2. The summed E-state index contributed by atoms with van der Waals surface area (Å²) in [5, 5.41) is 12.0. The zero-order valence-corrected chi connectivity index (χ0v) is 16.5. The summed E-state index contributed by atoms with van der Waals surface area (Å²) in [6, 6.07) is 7.81. The lowest BCUT2D eigenvalue weighted by Crippen LogP contribution is -2.15. The molecule has 2 heterocycles. The third-order valence-corrected chi connectivity index (χ3v) is 4.62. The molecule has 0 aliphatic rings. The number of nitrogens with zero attached hydrogens (tertiary/aromatic N) is 4. The first-order valence-corrected chi connectivity index (χ1v) is 9.02. The second-order valence-electron chi connectivity index (χ2n) is 6.19. The number of hydrogen-bond donors (Lipinski definition) is 1. The molecule has 0 saturated heterocycles. The van der Waals surface area contributed by atoms with E-state index in [1.54, 1.807) is 18.0 Å². The van der Waals surface area contributed by atoms with E-state index >= 15 is 0 Å². The van der Waals surface area contributed by atoms with Crippen molar-refractivity contribution in [3.8, 4) is 5.75 Å². The molecule has 0 aliphatic heterocycles. The summed E-state index contributed by atoms with van der Waals surface area (Å²) in [7, 11) is 1.64. The van der Waals surface area contributed by atoms with Crippen LogP contribution in [0.15, 0.2) is 30.5 Å². The van der Waals surface area contributed by atoms with Crippen LogP contribution in [0.1, 0.15) is 34.4 Å². The maximum Gasteiger partial charge on any atom is 0.277 e. The Morgan fingerprint density at radius 2 is 2.07 bits per heavy atom. The number of rotatable bonds is 6. The molecule has 7 nitrogen and oxygen atoms in total. The van der Waals surface area contributed by atoms with Gasteiger partial charge in [-0.3, -0.25) is 14.2 Å². The molecule has 27 heavy (non-hydrogen) atoms. The summed E-state index contributed by atoms with van der Waals surface area (Å²) in [5.41, 5.74) is 3.52. The van der Waals surface area contributed by atoms with Crippen molar-refractivity contribution < 1.29 is 9.53 Å². The van der Waals surface area contributed by atoms with Gasteiger partial charge in [0.25, 0.3) is 5.91 Å². The van der Waals surface area contributed by atoms with E-state index in [4.69, 9.17) is 16.3 Å². The van der Waals surface area contributed by atoms with E-state index in [9.17, 15) is 4.79 Å². The predicted octanol–water partition coefficient (Wildman–Crippen LogP) is 3.68. The molecule has 3 rings (SSSR count). The maximum atomic E-state index is 12.6. The molecular weight excluding hydrogens is 366 g/mol. The van der Waals surface area contributed by atoms with E-state index in [0.717, 1.165) is 22.7 Å². The highest BCUT2D eigenvalue weighted by Crippen LogP contribution is 2.23. The normalized spacial score (nSPS) is 10.9. The number of carbonyl (C=O) groups is 1. The summed E-state index contributed by atoms with van der Waals surface area (Å²) < 4.78 is 8.75. The number of amides is 1. The standard InChI is InChI=1S/C19H22ClN5O2/c1-5-24-11-16(20)18(23-24)19(26)21-17-12(2)22-25(13(17)3)10-14-7-6-8-15(9-14)27-4/h6-9,11H,5,10H2,1-4H3,(H,21,26). The molecule has 0 fully saturated rings. The average Bonchev–Trinajstić information content (AvgIpc) is 3.16. The first kappa shape index (κ1) is 19.0. The number of hydrogen-bond acceptors (Lipinski definition) is 4. The van der Waals surface area contributed by atoms with Gasteiger partial charge in [0.2, 0.25) is 0 Å². The molecule has 1 aromatic carbocycles. The first-order valence-electron chi connectivity index (χ1n) is 8.64. The molecule has 0 aliphatic carbocycles. The summed E-state index contributed by atoms with van der Waals surface area (Å²) in [6.07, 6.45) is 1.64. The topological polar surface area (TPSA) is 74.0 Å². The number of carbonyl (C=O) groups excluding carboxylic acids is 1. The molecule has 0 spiro atoms. The SMILES string of the molecule is CCn1cc(Cl)c(C(=O)Nc2c(C)nn(Cc3cccc(OC)c3)c2C)n1. The highest BCUT2D eigenvalue weighted by molar-refractivity contribution is 6.34. The minimum Gasteiger partial charge on any atom is -0.497 e. The molecule has 1 N–H and O–H groups in total. The molecule has 0 radical (unpaired) electrons. The van der Waals surface area contributed by atoms with Crippen LogP contribution < -0.4 is 10.1 Å². The summed E-state index contributed by atoms with van der Waals surface area (Å²) in [4.78, 5) is 12.6. The van der Waals surface area contributed by atoms with Gasteiger partial charge >= 0.3 is 0 Å². The first-order chi connectivity index (χ1) is 12.9. The number of halogens is 1. The zero-order valence-electron chi connectivity index (χ0n) is 15.8. The van der Waals surface area contributed by atoms with E-state index in [-0.39, 0.29) is 11.6 Å². The van der Waals surface area contributed by atoms with Crippen LogP contribution in [0.3, 0.4) is 0 Å². The van der Waals surface area contributed by atoms with Crippen LogP contribution in [0.25, 0.3) is 0 Å². The quantitative estimate of drug-likeness (QED) is 0.700. The minimum atomic E-state index is -0.348. The van der Waals surface area contributed by atoms with Crippen LogP contribution in [0, 0.1) is 13.8 Å². The number of ether oxygens (including phenoxy) is 1. The fourth-order valence-corrected chi connectivity index (χ4v) is 3.10. The Hall–Kier alpha value is -2.80. The Morgan fingerprint density at radius 1 is 1.30 bits per heavy atom. The maximum absolute atomic E-state index is 12.6. The van der Waals surface area contributed by atoms with Gasteiger partial charge in [-0.2, -0.15) is 10.2 Å². The summed E-state index contributed by atoms with van der Waals surface area (Å²) in [6.45, 7) is 6.93. The van der Waals surface area contributed by atoms with Gasteiger partial charge in [0, 0.05) is 12.7 Å². The average molecular weight is 388 g/mol. The third-order valence-electron chi connectivity index (χ3n) is 4.34. The predicted molar refractivity (Wildman–Crippen MR) is 105 cm³/mol. The van der Waals surface area contributed by atoms with Crippen LogP contribution in [-0.2, 0) is 13.1 Å². The van der Waals surface area contributed by atoms with Gasteiger partial charge in [-0.1, -0.05) is 23.7 Å². The second-order valence-corrected chi connectivity index (χ2v) is 6.60. The Bertz CT molecular complexity index is 977. The molecule has 0 unspecified atom stereocenters. The van der Waals surface area contributed by atoms with E-state index in [1.165, 1.54) is 0 Å². The fourth-order valence-electron chi connectivity index (χ4n) is 2.86. The Balaban J connectivity index is 1.82. The highest BCUT2D eigenvalue weighted by Gasteiger charge is 2.20. The third kappa shape index (κ3) is 3.98. The Morgan fingerprint density at radius 3 is 2.74 bits per heavy atom. The van der Waals surface area contributed by atoms with E-state index in [0.29, 0.717) is 23.8 Å². The summed E-state index contributed by atoms with van der Waals surface area (Å²) in [5.74, 6) is 0.447. The van der Waals surface area contributed by atoms with Gasteiger partial charge in [0.05, 0.1) is 35.8 Å². The van der Waals surface area contributed by atoms with Gasteiger partial charge in [0.15, 0.2) is 5.69 Å². The van der Waals surface area contributed by atoms with Crippen molar-refractivity contribution in [1.29, 1.82) is 0 Å². The number of anilines is 1. The van der Waals surface area contributed by atoms with Crippen molar-refractivity contribution in [2.24, 2.45) is 0 Å². The van der Waals surface area contributed by atoms with Crippen molar-refractivity contribution in [3.63, 3.8) is 0 Å². The molecule has 3 aromatic rings. The highest BCUT2D eigenvalue weighted by atomic mass is 35.5. The molecule has 142 valence electrons. The van der Waals surface area contributed by atoms with Gasteiger partial charge in [-0.25, -0.2) is 0 Å². The minimum absolute atomic E-state index is 0.206. The van der Waals surface area contributed by atoms with E-state index in [2.05, 4.69) is 15.5 Å². The zero-order chi connectivity index (χ0) is 19.6. The van der Waals surface area contributed by atoms with Crippen molar-refractivity contribution in [1.82, 2.24) is 19.6 Å². The molecule has 0 bridgehead atoms. The van der Waals surface area contributed by atoms with Crippen LogP contribution in [-0.4, -0.2) is 32.6 Å². The van der Waals surface area contributed by atoms with Crippen molar-refractivity contribution in [3.05, 3.63) is 58.1 Å². The molecule has 8 heteroatoms. The Labute approximate surface area is 162 Å². The van der Waals surface area contributed by atoms with E-state index < -0.39 is 0 Å². The van der Waals surface area contributed by atoms with Crippen LogP contribution in [0.2, 0.25) is 5.02 Å². The summed E-state index contributed by atoms with van der Waals surface area (Å²) >= 11 is 6.13. The smallest absolute Gasteiger partial charge is 0.277 e. The van der Waals surface area contributed by atoms with Gasteiger partial charge < -0.3 is 10.1 Å². The monoisotopic (exact) mass is 387 g/mol. The molecular formula is C19H22ClN5O2. The molecule has 0 saturated carbocycles. The molecule has 2 aromatic heterocycles. The van der Waals surface area contributed by atoms with Crippen molar-refractivity contribution >= 4 is 23.2 Å². The molecule has 0 atom stereocenters. The van der Waals surface area contributed by atoms with Gasteiger partial charge in [-0.15, -0.1) is 0 Å². The number of aromatic nitrogens is 4. The lowest BCUT2D eigenvalue weighted by molar-refractivity contribution is 0.102.